The van der Waals surface area contributed by atoms with Crippen molar-refractivity contribution in [3.8, 4) is 0 Å². The Morgan fingerprint density at radius 3 is 2.81 bits per heavy atom. The van der Waals surface area contributed by atoms with Gasteiger partial charge in [-0.3, -0.25) is 4.79 Å². The fourth-order valence-corrected chi connectivity index (χ4v) is 2.95. The second-order valence-electron chi connectivity index (χ2n) is 4.51. The van der Waals surface area contributed by atoms with Gasteiger partial charge in [0, 0.05) is 22.3 Å². The first-order valence-corrected chi connectivity index (χ1v) is 6.65. The average molecular weight is 238 g/mol. The molecule has 1 aromatic heterocycles. The van der Waals surface area contributed by atoms with Crippen molar-refractivity contribution < 1.29 is 4.79 Å². The smallest absolute Gasteiger partial charge is 0.249 e. The maximum atomic E-state index is 10.9. The second-order valence-corrected chi connectivity index (χ2v) is 5.50. The molecule has 0 aromatic carbocycles. The van der Waals surface area contributed by atoms with Gasteiger partial charge in [-0.05, 0) is 31.7 Å². The van der Waals surface area contributed by atoms with E-state index < -0.39 is 0 Å². The maximum absolute atomic E-state index is 10.9. The molecule has 1 fully saturated rings. The summed E-state index contributed by atoms with van der Waals surface area (Å²) in [5.41, 5.74) is 6.20. The van der Waals surface area contributed by atoms with Gasteiger partial charge >= 0.3 is 0 Å². The number of carbonyl (C=O) groups excluding carboxylic acids is 1. The maximum Gasteiger partial charge on any atom is 0.249 e. The van der Waals surface area contributed by atoms with E-state index >= 15 is 0 Å². The van der Waals surface area contributed by atoms with Crippen LogP contribution in [0.2, 0.25) is 0 Å². The molecule has 1 aliphatic carbocycles. The van der Waals surface area contributed by atoms with E-state index in [2.05, 4.69) is 12.2 Å². The minimum Gasteiger partial charge on any atom is -0.366 e. The standard InChI is InChI=1S/C12H18N2OS/c1-2-12(4-3-5-12)14-7-10-6-9(8-16-10)11(13)15/h6,8,14H,2-5,7H2,1H3,(H2,13,15). The van der Waals surface area contributed by atoms with Gasteiger partial charge in [0.1, 0.15) is 0 Å². The number of amides is 1. The van der Waals surface area contributed by atoms with E-state index in [1.165, 1.54) is 30.6 Å². The summed E-state index contributed by atoms with van der Waals surface area (Å²) < 4.78 is 0. The molecule has 0 bridgehead atoms. The first-order chi connectivity index (χ1) is 7.65. The van der Waals surface area contributed by atoms with Gasteiger partial charge in [0.15, 0.2) is 0 Å². The van der Waals surface area contributed by atoms with Gasteiger partial charge in [0.05, 0.1) is 5.56 Å². The zero-order chi connectivity index (χ0) is 11.6. The van der Waals surface area contributed by atoms with Crippen LogP contribution in [0.5, 0.6) is 0 Å². The van der Waals surface area contributed by atoms with Crippen molar-refractivity contribution in [2.45, 2.75) is 44.7 Å². The molecule has 0 unspecified atom stereocenters. The Labute approximate surface area is 100 Å². The summed E-state index contributed by atoms with van der Waals surface area (Å²) in [6.07, 6.45) is 5.06. The Bertz CT molecular complexity index is 377. The molecule has 88 valence electrons. The zero-order valence-corrected chi connectivity index (χ0v) is 10.4. The quantitative estimate of drug-likeness (QED) is 0.826. The van der Waals surface area contributed by atoms with Crippen LogP contribution in [-0.4, -0.2) is 11.4 Å². The van der Waals surface area contributed by atoms with Crippen molar-refractivity contribution in [2.75, 3.05) is 0 Å². The highest BCUT2D eigenvalue weighted by atomic mass is 32.1. The Morgan fingerprint density at radius 2 is 2.38 bits per heavy atom. The molecule has 16 heavy (non-hydrogen) atoms. The topological polar surface area (TPSA) is 55.1 Å². The van der Waals surface area contributed by atoms with Gasteiger partial charge in [-0.1, -0.05) is 6.92 Å². The summed E-state index contributed by atoms with van der Waals surface area (Å²) in [6, 6.07) is 1.89. The van der Waals surface area contributed by atoms with Gasteiger partial charge in [0.25, 0.3) is 0 Å². The van der Waals surface area contributed by atoms with Crippen molar-refractivity contribution in [1.82, 2.24) is 5.32 Å². The van der Waals surface area contributed by atoms with Gasteiger partial charge in [-0.15, -0.1) is 11.3 Å². The molecule has 1 saturated carbocycles. The summed E-state index contributed by atoms with van der Waals surface area (Å²) in [6.45, 7) is 3.08. The first-order valence-electron chi connectivity index (χ1n) is 5.77. The molecular formula is C12H18N2OS. The van der Waals surface area contributed by atoms with Crippen LogP contribution in [0.1, 0.15) is 47.8 Å². The molecule has 0 aliphatic heterocycles. The van der Waals surface area contributed by atoms with Crippen LogP contribution in [0.3, 0.4) is 0 Å². The average Bonchev–Trinajstić information content (AvgIpc) is 2.65. The lowest BCUT2D eigenvalue weighted by molar-refractivity contribution is 0.100. The van der Waals surface area contributed by atoms with Crippen molar-refractivity contribution in [3.63, 3.8) is 0 Å². The third kappa shape index (κ3) is 2.28. The largest absolute Gasteiger partial charge is 0.366 e. The molecule has 0 radical (unpaired) electrons. The van der Waals surface area contributed by atoms with Crippen molar-refractivity contribution in [1.29, 1.82) is 0 Å². The second kappa shape index (κ2) is 4.55. The molecule has 1 aliphatic rings. The Kier molecular flexibility index (Phi) is 3.30. The predicted octanol–water partition coefficient (Wildman–Crippen LogP) is 2.27. The third-order valence-electron chi connectivity index (χ3n) is 3.56. The predicted molar refractivity (Wildman–Crippen MR) is 66.5 cm³/mol. The van der Waals surface area contributed by atoms with Crippen molar-refractivity contribution >= 4 is 17.2 Å². The first kappa shape index (κ1) is 11.6. The van der Waals surface area contributed by atoms with Crippen LogP contribution in [0, 0.1) is 0 Å². The summed E-state index contributed by atoms with van der Waals surface area (Å²) in [5, 5.41) is 5.44. The van der Waals surface area contributed by atoms with Crippen molar-refractivity contribution in [3.05, 3.63) is 21.9 Å². The summed E-state index contributed by atoms with van der Waals surface area (Å²) in [4.78, 5) is 12.1. The van der Waals surface area contributed by atoms with Crippen LogP contribution in [-0.2, 0) is 6.54 Å². The molecule has 1 heterocycles. The normalized spacial score (nSPS) is 18.1. The van der Waals surface area contributed by atoms with E-state index in [1.807, 2.05) is 11.4 Å². The van der Waals surface area contributed by atoms with E-state index in [0.29, 0.717) is 11.1 Å². The SMILES string of the molecule is CCC1(NCc2cc(C(N)=O)cs2)CCC1. The highest BCUT2D eigenvalue weighted by molar-refractivity contribution is 7.10. The van der Waals surface area contributed by atoms with Crippen LogP contribution >= 0.6 is 11.3 Å². The van der Waals surface area contributed by atoms with Gasteiger partial charge in [-0.2, -0.15) is 0 Å². The summed E-state index contributed by atoms with van der Waals surface area (Å²) >= 11 is 1.60. The minimum absolute atomic E-state index is 0.337. The third-order valence-corrected chi connectivity index (χ3v) is 4.50. The van der Waals surface area contributed by atoms with Crippen molar-refractivity contribution in [2.24, 2.45) is 5.73 Å². The number of primary amides is 1. The fourth-order valence-electron chi connectivity index (χ4n) is 2.14. The Hall–Kier alpha value is -0.870. The highest BCUT2D eigenvalue weighted by Gasteiger charge is 2.34. The van der Waals surface area contributed by atoms with Crippen LogP contribution < -0.4 is 11.1 Å². The molecule has 1 aromatic rings. The van der Waals surface area contributed by atoms with E-state index in [-0.39, 0.29) is 5.91 Å². The fraction of sp³-hybridized carbons (Fsp3) is 0.583. The van der Waals surface area contributed by atoms with Crippen LogP contribution in [0.15, 0.2) is 11.4 Å². The lowest BCUT2D eigenvalue weighted by atomic mass is 9.75. The summed E-state index contributed by atoms with van der Waals surface area (Å²) in [5.74, 6) is -0.337. The van der Waals surface area contributed by atoms with E-state index in [9.17, 15) is 4.79 Å². The number of thiophene rings is 1. The molecule has 0 atom stereocenters. The number of carbonyl (C=O) groups is 1. The number of hydrogen-bond donors (Lipinski definition) is 2. The number of rotatable bonds is 5. The number of nitrogens with two attached hydrogens (primary N) is 1. The van der Waals surface area contributed by atoms with E-state index in [0.717, 1.165) is 6.54 Å². The number of hydrogen-bond acceptors (Lipinski definition) is 3. The summed E-state index contributed by atoms with van der Waals surface area (Å²) in [7, 11) is 0. The Balaban J connectivity index is 1.91. The lowest BCUT2D eigenvalue weighted by Crippen LogP contribution is -2.49. The van der Waals surface area contributed by atoms with E-state index in [1.54, 1.807) is 11.3 Å². The lowest BCUT2D eigenvalue weighted by Gasteiger charge is -2.42. The minimum atomic E-state index is -0.337. The van der Waals surface area contributed by atoms with Crippen LogP contribution in [0.4, 0.5) is 0 Å². The monoisotopic (exact) mass is 238 g/mol. The number of nitrogens with one attached hydrogen (secondary N) is 1. The van der Waals surface area contributed by atoms with Gasteiger partial charge < -0.3 is 11.1 Å². The molecule has 1 amide bonds. The van der Waals surface area contributed by atoms with Gasteiger partial charge in [0.2, 0.25) is 5.91 Å². The zero-order valence-electron chi connectivity index (χ0n) is 9.58. The van der Waals surface area contributed by atoms with E-state index in [4.69, 9.17) is 5.73 Å². The molecule has 4 heteroatoms. The molecule has 0 spiro atoms. The van der Waals surface area contributed by atoms with Gasteiger partial charge in [-0.25, -0.2) is 0 Å². The van der Waals surface area contributed by atoms with Crippen LogP contribution in [0.25, 0.3) is 0 Å². The molecule has 0 saturated heterocycles. The Morgan fingerprint density at radius 1 is 1.62 bits per heavy atom. The molecule has 3 N–H and O–H groups in total. The highest BCUT2D eigenvalue weighted by Crippen LogP contribution is 2.35. The molecular weight excluding hydrogens is 220 g/mol. The molecule has 3 nitrogen and oxygen atoms in total. The molecule has 2 rings (SSSR count).